The Hall–Kier alpha value is -1.14. The van der Waals surface area contributed by atoms with Crippen LogP contribution in [-0.2, 0) is 9.59 Å². The number of hydroxylamine groups is 1. The maximum absolute atomic E-state index is 12.4. The number of nitrogens with one attached hydrogen (secondary N) is 1. The molecule has 122 valence electrons. The molecule has 6 heteroatoms. The minimum Gasteiger partial charge on any atom is -0.396 e. The first-order valence-electron chi connectivity index (χ1n) is 7.96. The first-order chi connectivity index (χ1) is 10.1. The monoisotopic (exact) mass is 300 g/mol. The van der Waals surface area contributed by atoms with Crippen LogP contribution in [0.2, 0.25) is 0 Å². The van der Waals surface area contributed by atoms with Crippen LogP contribution in [0.4, 0.5) is 0 Å². The molecular formula is C15H28N2O4. The lowest BCUT2D eigenvalue weighted by molar-refractivity contribution is -0.137. The van der Waals surface area contributed by atoms with Crippen molar-refractivity contribution in [3.05, 3.63) is 0 Å². The number of nitrogens with zero attached hydrogens (tertiary/aromatic N) is 1. The van der Waals surface area contributed by atoms with Gasteiger partial charge in [-0.25, -0.2) is 5.48 Å². The lowest BCUT2D eigenvalue weighted by atomic mass is 9.88. The van der Waals surface area contributed by atoms with Gasteiger partial charge in [0.15, 0.2) is 0 Å². The second kappa shape index (κ2) is 9.73. The zero-order valence-electron chi connectivity index (χ0n) is 12.9. The van der Waals surface area contributed by atoms with Crippen molar-refractivity contribution >= 4 is 11.8 Å². The highest BCUT2D eigenvalue weighted by Crippen LogP contribution is 2.31. The molecule has 6 nitrogen and oxygen atoms in total. The van der Waals surface area contributed by atoms with Crippen molar-refractivity contribution in [2.24, 2.45) is 11.8 Å². The Morgan fingerprint density at radius 2 is 2.10 bits per heavy atom. The molecule has 0 aromatic carbocycles. The van der Waals surface area contributed by atoms with Crippen molar-refractivity contribution in [1.82, 2.24) is 10.4 Å². The molecule has 0 saturated carbocycles. The van der Waals surface area contributed by atoms with E-state index in [1.54, 1.807) is 5.48 Å². The van der Waals surface area contributed by atoms with Crippen LogP contribution in [0.1, 0.15) is 51.9 Å². The van der Waals surface area contributed by atoms with Gasteiger partial charge in [0.2, 0.25) is 11.8 Å². The summed E-state index contributed by atoms with van der Waals surface area (Å²) in [5, 5.41) is 17.4. The maximum atomic E-state index is 12.4. The Kier molecular flexibility index (Phi) is 8.30. The van der Waals surface area contributed by atoms with Crippen molar-refractivity contribution in [2.45, 2.75) is 51.9 Å². The lowest BCUT2D eigenvalue weighted by Crippen LogP contribution is -2.31. The Morgan fingerprint density at radius 3 is 2.71 bits per heavy atom. The predicted octanol–water partition coefficient (Wildman–Crippen LogP) is 1.31. The Bertz CT molecular complexity index is 336. The highest BCUT2D eigenvalue weighted by atomic mass is 16.5. The average molecular weight is 300 g/mol. The Labute approximate surface area is 126 Å². The van der Waals surface area contributed by atoms with Crippen molar-refractivity contribution in [3.63, 3.8) is 0 Å². The van der Waals surface area contributed by atoms with E-state index in [0.717, 1.165) is 38.5 Å². The number of carbonyl (C=O) groups is 2. The van der Waals surface area contributed by atoms with Gasteiger partial charge in [-0.3, -0.25) is 14.8 Å². The second-order valence-electron chi connectivity index (χ2n) is 5.82. The fourth-order valence-electron chi connectivity index (χ4n) is 2.99. The third kappa shape index (κ3) is 5.63. The van der Waals surface area contributed by atoms with Crippen LogP contribution < -0.4 is 5.48 Å². The SMILES string of the molecule is CCCCC1CN(CCCCCO)C(=O)C1CC(=O)NO. The molecule has 1 aliphatic rings. The molecule has 0 bridgehead atoms. The van der Waals surface area contributed by atoms with E-state index in [-0.39, 0.29) is 30.8 Å². The van der Waals surface area contributed by atoms with Crippen molar-refractivity contribution in [2.75, 3.05) is 19.7 Å². The van der Waals surface area contributed by atoms with Gasteiger partial charge >= 0.3 is 0 Å². The predicted molar refractivity (Wildman–Crippen MR) is 78.6 cm³/mol. The van der Waals surface area contributed by atoms with Crippen LogP contribution in [0.15, 0.2) is 0 Å². The molecule has 1 aliphatic heterocycles. The molecule has 0 aromatic heterocycles. The van der Waals surface area contributed by atoms with E-state index < -0.39 is 5.91 Å². The van der Waals surface area contributed by atoms with Gasteiger partial charge in [-0.15, -0.1) is 0 Å². The lowest BCUT2D eigenvalue weighted by Gasteiger charge is -2.16. The normalized spacial score (nSPS) is 21.9. The summed E-state index contributed by atoms with van der Waals surface area (Å²) in [4.78, 5) is 25.6. The molecule has 0 aliphatic carbocycles. The molecule has 3 N–H and O–H groups in total. The van der Waals surface area contributed by atoms with E-state index in [1.807, 2.05) is 4.90 Å². The highest BCUT2D eigenvalue weighted by Gasteiger charge is 2.40. The van der Waals surface area contributed by atoms with Gasteiger partial charge in [-0.1, -0.05) is 19.8 Å². The molecule has 0 spiro atoms. The van der Waals surface area contributed by atoms with Crippen LogP contribution in [-0.4, -0.2) is 46.7 Å². The third-order valence-electron chi connectivity index (χ3n) is 4.20. The number of unbranched alkanes of at least 4 members (excludes halogenated alkanes) is 3. The topological polar surface area (TPSA) is 89.9 Å². The number of carbonyl (C=O) groups excluding carboxylic acids is 2. The van der Waals surface area contributed by atoms with E-state index in [0.29, 0.717) is 13.1 Å². The molecule has 1 fully saturated rings. The van der Waals surface area contributed by atoms with Crippen LogP contribution in [0, 0.1) is 11.8 Å². The molecule has 2 amide bonds. The number of likely N-dealkylation sites (tertiary alicyclic amines) is 1. The molecular weight excluding hydrogens is 272 g/mol. The summed E-state index contributed by atoms with van der Waals surface area (Å²) in [6.45, 7) is 3.70. The number of amides is 2. The summed E-state index contributed by atoms with van der Waals surface area (Å²) in [7, 11) is 0. The second-order valence-corrected chi connectivity index (χ2v) is 5.82. The minimum absolute atomic E-state index is 0.0312. The molecule has 0 aromatic rings. The quantitative estimate of drug-likeness (QED) is 0.322. The summed E-state index contributed by atoms with van der Waals surface area (Å²) in [6, 6.07) is 0. The van der Waals surface area contributed by atoms with Gasteiger partial charge in [0.1, 0.15) is 0 Å². The van der Waals surface area contributed by atoms with Gasteiger partial charge < -0.3 is 10.0 Å². The largest absolute Gasteiger partial charge is 0.396 e. The summed E-state index contributed by atoms with van der Waals surface area (Å²) in [5.74, 6) is -0.560. The van der Waals surface area contributed by atoms with Gasteiger partial charge in [-0.05, 0) is 31.6 Å². The molecule has 1 heterocycles. The fraction of sp³-hybridized carbons (Fsp3) is 0.867. The van der Waals surface area contributed by atoms with Crippen molar-refractivity contribution < 1.29 is 19.9 Å². The standard InChI is InChI=1S/C15H28N2O4/c1-2-3-7-12-11-17(8-5-4-6-9-18)15(20)13(12)10-14(19)16-21/h12-13,18,21H,2-11H2,1H3,(H,16,19). The van der Waals surface area contributed by atoms with Crippen LogP contribution >= 0.6 is 0 Å². The maximum Gasteiger partial charge on any atom is 0.244 e. The molecule has 21 heavy (non-hydrogen) atoms. The summed E-state index contributed by atoms with van der Waals surface area (Å²) >= 11 is 0. The zero-order valence-corrected chi connectivity index (χ0v) is 12.9. The van der Waals surface area contributed by atoms with Gasteiger partial charge in [0, 0.05) is 26.1 Å². The summed E-state index contributed by atoms with van der Waals surface area (Å²) < 4.78 is 0. The number of hydrogen-bond acceptors (Lipinski definition) is 4. The van der Waals surface area contributed by atoms with E-state index in [4.69, 9.17) is 10.3 Å². The van der Waals surface area contributed by atoms with Gasteiger partial charge in [0.05, 0.1) is 5.92 Å². The number of rotatable bonds is 10. The Balaban J connectivity index is 2.55. The summed E-state index contributed by atoms with van der Waals surface area (Å²) in [6.07, 6.45) is 5.67. The fourth-order valence-corrected chi connectivity index (χ4v) is 2.99. The molecule has 0 radical (unpaired) electrons. The van der Waals surface area contributed by atoms with Gasteiger partial charge in [-0.2, -0.15) is 0 Å². The third-order valence-corrected chi connectivity index (χ3v) is 4.20. The molecule has 1 rings (SSSR count). The van der Waals surface area contributed by atoms with E-state index in [2.05, 4.69) is 6.92 Å². The van der Waals surface area contributed by atoms with E-state index in [1.165, 1.54) is 0 Å². The summed E-state index contributed by atoms with van der Waals surface area (Å²) in [5.41, 5.74) is 1.63. The van der Waals surface area contributed by atoms with Crippen LogP contribution in [0.25, 0.3) is 0 Å². The van der Waals surface area contributed by atoms with E-state index in [9.17, 15) is 9.59 Å². The number of hydrogen-bond donors (Lipinski definition) is 3. The van der Waals surface area contributed by atoms with Crippen LogP contribution in [0.5, 0.6) is 0 Å². The molecule has 2 atom stereocenters. The van der Waals surface area contributed by atoms with E-state index >= 15 is 0 Å². The smallest absolute Gasteiger partial charge is 0.244 e. The minimum atomic E-state index is -0.489. The molecule has 2 unspecified atom stereocenters. The van der Waals surface area contributed by atoms with Crippen molar-refractivity contribution in [3.8, 4) is 0 Å². The van der Waals surface area contributed by atoms with Crippen LogP contribution in [0.3, 0.4) is 0 Å². The Morgan fingerprint density at radius 1 is 1.33 bits per heavy atom. The highest BCUT2D eigenvalue weighted by molar-refractivity contribution is 5.87. The first kappa shape index (κ1) is 17.9. The first-order valence-corrected chi connectivity index (χ1v) is 7.96. The van der Waals surface area contributed by atoms with Crippen molar-refractivity contribution in [1.29, 1.82) is 0 Å². The zero-order chi connectivity index (χ0) is 15.7. The number of aliphatic hydroxyl groups excluding tert-OH is 1. The molecule has 1 saturated heterocycles. The van der Waals surface area contributed by atoms with Gasteiger partial charge in [0.25, 0.3) is 0 Å². The number of aliphatic hydroxyl groups is 1. The average Bonchev–Trinajstić information content (AvgIpc) is 2.78.